The molecule has 3 nitrogen and oxygen atoms in total. The van der Waals surface area contributed by atoms with Crippen molar-refractivity contribution in [2.75, 3.05) is 5.32 Å². The van der Waals surface area contributed by atoms with Crippen LogP contribution >= 0.6 is 11.6 Å². The minimum Gasteiger partial charge on any atom is -0.480 e. The number of aliphatic carboxylic acids is 1. The summed E-state index contributed by atoms with van der Waals surface area (Å²) in [7, 11) is 0. The number of carboxylic acids is 1. The molecule has 1 aromatic rings. The second-order valence-corrected chi connectivity index (χ2v) is 6.16. The molecule has 1 aromatic carbocycles. The first-order valence-electron chi connectivity index (χ1n) is 7.33. The third-order valence-corrected chi connectivity index (χ3v) is 4.63. The molecule has 0 amide bonds. The van der Waals surface area contributed by atoms with E-state index in [0.29, 0.717) is 23.8 Å². The van der Waals surface area contributed by atoms with Gasteiger partial charge in [0.2, 0.25) is 0 Å². The summed E-state index contributed by atoms with van der Waals surface area (Å²) in [5.41, 5.74) is -0.0657. The van der Waals surface area contributed by atoms with E-state index in [2.05, 4.69) is 12.2 Å². The number of rotatable bonds is 4. The van der Waals surface area contributed by atoms with Crippen LogP contribution in [0, 0.1) is 5.92 Å². The fourth-order valence-corrected chi connectivity index (χ4v) is 3.25. The molecular formula is C16H22ClNO2. The fraction of sp³-hybridized carbons (Fsp3) is 0.562. The van der Waals surface area contributed by atoms with Crippen LogP contribution in [0.3, 0.4) is 0 Å². The first-order chi connectivity index (χ1) is 9.55. The van der Waals surface area contributed by atoms with Gasteiger partial charge in [-0.3, -0.25) is 0 Å². The van der Waals surface area contributed by atoms with E-state index in [9.17, 15) is 9.90 Å². The van der Waals surface area contributed by atoms with Crippen molar-refractivity contribution in [3.63, 3.8) is 0 Å². The van der Waals surface area contributed by atoms with Gasteiger partial charge in [0, 0.05) is 10.7 Å². The van der Waals surface area contributed by atoms with E-state index in [4.69, 9.17) is 11.6 Å². The molecule has 4 heteroatoms. The second kappa shape index (κ2) is 6.49. The molecule has 1 saturated carbocycles. The Labute approximate surface area is 125 Å². The lowest BCUT2D eigenvalue weighted by Gasteiger charge is -2.30. The molecule has 2 N–H and O–H groups in total. The van der Waals surface area contributed by atoms with Crippen molar-refractivity contribution in [2.45, 2.75) is 51.0 Å². The minimum atomic E-state index is -0.853. The third kappa shape index (κ3) is 3.45. The normalized spacial score (nSPS) is 26.8. The lowest BCUT2D eigenvalue weighted by molar-refractivity contribution is -0.142. The number of hydrogen-bond donors (Lipinski definition) is 2. The average molecular weight is 296 g/mol. The summed E-state index contributed by atoms with van der Waals surface area (Å²) in [6, 6.07) is 7.29. The maximum Gasteiger partial charge on any atom is 0.329 e. The van der Waals surface area contributed by atoms with Gasteiger partial charge >= 0.3 is 5.97 Å². The number of carbonyl (C=O) groups is 1. The van der Waals surface area contributed by atoms with Gasteiger partial charge in [-0.25, -0.2) is 4.79 Å². The number of nitrogens with one attached hydrogen (secondary N) is 1. The number of halogens is 1. The van der Waals surface area contributed by atoms with E-state index in [1.807, 2.05) is 12.1 Å². The van der Waals surface area contributed by atoms with Gasteiger partial charge in [0.15, 0.2) is 0 Å². The summed E-state index contributed by atoms with van der Waals surface area (Å²) in [4.78, 5) is 11.8. The molecule has 2 unspecified atom stereocenters. The van der Waals surface area contributed by atoms with Crippen molar-refractivity contribution in [3.05, 3.63) is 29.3 Å². The van der Waals surface area contributed by atoms with Crippen LogP contribution < -0.4 is 5.32 Å². The number of carboxylic acid groups (broad SMARTS) is 1. The zero-order chi connectivity index (χ0) is 14.6. The first-order valence-corrected chi connectivity index (χ1v) is 7.71. The molecular weight excluding hydrogens is 274 g/mol. The van der Waals surface area contributed by atoms with Gasteiger partial charge in [0.05, 0.1) is 0 Å². The Balaban J connectivity index is 2.19. The highest BCUT2D eigenvalue weighted by atomic mass is 35.5. The van der Waals surface area contributed by atoms with E-state index in [0.717, 1.165) is 31.4 Å². The molecule has 0 radical (unpaired) electrons. The summed E-state index contributed by atoms with van der Waals surface area (Å²) in [5, 5.41) is 13.6. The molecule has 1 fully saturated rings. The molecule has 2 rings (SSSR count). The minimum absolute atomic E-state index is 0.621. The lowest BCUT2D eigenvalue weighted by Crippen LogP contribution is -2.46. The average Bonchev–Trinajstić information content (AvgIpc) is 2.62. The SMILES string of the molecule is CCC1CCCC(Nc2cccc(Cl)c2)(C(=O)O)CC1. The molecule has 20 heavy (non-hydrogen) atoms. The molecule has 1 aliphatic carbocycles. The third-order valence-electron chi connectivity index (χ3n) is 4.39. The Morgan fingerprint density at radius 3 is 2.90 bits per heavy atom. The molecule has 0 aromatic heterocycles. The number of benzene rings is 1. The van der Waals surface area contributed by atoms with Gasteiger partial charge in [0.1, 0.15) is 5.54 Å². The lowest BCUT2D eigenvalue weighted by atomic mass is 9.89. The quantitative estimate of drug-likeness (QED) is 0.800. The molecule has 1 aliphatic rings. The molecule has 0 bridgehead atoms. The van der Waals surface area contributed by atoms with Gasteiger partial charge in [-0.1, -0.05) is 43.9 Å². The van der Waals surface area contributed by atoms with Gasteiger partial charge in [-0.2, -0.15) is 0 Å². The van der Waals surface area contributed by atoms with E-state index >= 15 is 0 Å². The van der Waals surface area contributed by atoms with Crippen molar-refractivity contribution in [1.29, 1.82) is 0 Å². The largest absolute Gasteiger partial charge is 0.480 e. The highest BCUT2D eigenvalue weighted by Crippen LogP contribution is 2.35. The standard InChI is InChI=1S/C16H22ClNO2/c1-2-12-5-4-9-16(10-8-12,15(19)20)18-14-7-3-6-13(17)11-14/h3,6-7,11-12,18H,2,4-5,8-10H2,1H3,(H,19,20). The van der Waals surface area contributed by atoms with Gasteiger partial charge in [-0.05, 0) is 43.4 Å². The molecule has 2 atom stereocenters. The highest BCUT2D eigenvalue weighted by molar-refractivity contribution is 6.30. The Hall–Kier alpha value is -1.22. The highest BCUT2D eigenvalue weighted by Gasteiger charge is 2.39. The Morgan fingerprint density at radius 1 is 1.45 bits per heavy atom. The first kappa shape index (κ1) is 15.2. The summed E-state index contributed by atoms with van der Waals surface area (Å²) in [5.74, 6) is -0.105. The van der Waals surface area contributed by atoms with Crippen LogP contribution in [-0.4, -0.2) is 16.6 Å². The van der Waals surface area contributed by atoms with Crippen LogP contribution in [0.4, 0.5) is 5.69 Å². The predicted molar refractivity (Wildman–Crippen MR) is 82.3 cm³/mol. The van der Waals surface area contributed by atoms with E-state index in [1.54, 1.807) is 12.1 Å². The maximum absolute atomic E-state index is 11.8. The zero-order valence-corrected chi connectivity index (χ0v) is 12.6. The zero-order valence-electron chi connectivity index (χ0n) is 11.9. The number of hydrogen-bond acceptors (Lipinski definition) is 2. The van der Waals surface area contributed by atoms with E-state index in [1.165, 1.54) is 0 Å². The van der Waals surface area contributed by atoms with Crippen LogP contribution in [0.15, 0.2) is 24.3 Å². The number of anilines is 1. The fourth-order valence-electron chi connectivity index (χ4n) is 3.06. The van der Waals surface area contributed by atoms with Gasteiger partial charge < -0.3 is 10.4 Å². The Kier molecular flexibility index (Phi) is 4.92. The van der Waals surface area contributed by atoms with Crippen LogP contribution in [0.2, 0.25) is 5.02 Å². The van der Waals surface area contributed by atoms with Crippen molar-refractivity contribution >= 4 is 23.3 Å². The second-order valence-electron chi connectivity index (χ2n) is 5.73. The predicted octanol–water partition coefficient (Wildman–Crippen LogP) is 4.57. The maximum atomic E-state index is 11.8. The smallest absolute Gasteiger partial charge is 0.329 e. The van der Waals surface area contributed by atoms with Crippen LogP contribution in [0.5, 0.6) is 0 Å². The van der Waals surface area contributed by atoms with Crippen LogP contribution in [0.25, 0.3) is 0 Å². The van der Waals surface area contributed by atoms with E-state index in [-0.39, 0.29) is 0 Å². The van der Waals surface area contributed by atoms with Crippen molar-refractivity contribution in [1.82, 2.24) is 0 Å². The van der Waals surface area contributed by atoms with Gasteiger partial charge in [0.25, 0.3) is 0 Å². The Bertz CT molecular complexity index is 477. The molecule has 0 aliphatic heterocycles. The molecule has 0 heterocycles. The summed E-state index contributed by atoms with van der Waals surface area (Å²) in [6.07, 6.45) is 5.53. The van der Waals surface area contributed by atoms with Crippen molar-refractivity contribution < 1.29 is 9.90 Å². The van der Waals surface area contributed by atoms with Crippen LogP contribution in [0.1, 0.15) is 45.4 Å². The topological polar surface area (TPSA) is 49.3 Å². The van der Waals surface area contributed by atoms with Crippen molar-refractivity contribution in [2.24, 2.45) is 5.92 Å². The molecule has 0 saturated heterocycles. The van der Waals surface area contributed by atoms with Gasteiger partial charge in [-0.15, -0.1) is 0 Å². The van der Waals surface area contributed by atoms with Crippen molar-refractivity contribution in [3.8, 4) is 0 Å². The summed E-state index contributed by atoms with van der Waals surface area (Å²) in [6.45, 7) is 2.18. The monoisotopic (exact) mass is 295 g/mol. The molecule has 110 valence electrons. The van der Waals surface area contributed by atoms with Crippen LogP contribution in [-0.2, 0) is 4.79 Å². The summed E-state index contributed by atoms with van der Waals surface area (Å²) >= 11 is 5.98. The van der Waals surface area contributed by atoms with E-state index < -0.39 is 11.5 Å². The Morgan fingerprint density at radius 2 is 2.25 bits per heavy atom. The summed E-state index contributed by atoms with van der Waals surface area (Å²) < 4.78 is 0. The molecule has 0 spiro atoms.